The van der Waals surface area contributed by atoms with Gasteiger partial charge in [-0.3, -0.25) is 4.57 Å². The summed E-state index contributed by atoms with van der Waals surface area (Å²) in [5.41, 5.74) is 14.3. The number of aromatic nitrogens is 4. The second-order valence-corrected chi connectivity index (χ2v) is 15.4. The molecule has 3 aromatic heterocycles. The summed E-state index contributed by atoms with van der Waals surface area (Å²) in [4.78, 5) is 13.2. The molecule has 9 aromatic carbocycles. The molecule has 0 aliphatic carbocycles. The van der Waals surface area contributed by atoms with Crippen molar-refractivity contribution in [1.29, 1.82) is 0 Å². The molecule has 0 radical (unpaired) electrons. The number of benzene rings is 9. The van der Waals surface area contributed by atoms with E-state index in [1.54, 1.807) is 0 Å². The average Bonchev–Trinajstić information content (AvgIpc) is 3.82. The van der Waals surface area contributed by atoms with Crippen LogP contribution in [0.3, 0.4) is 0 Å². The lowest BCUT2D eigenvalue weighted by Crippen LogP contribution is -2.16. The number of fused-ring (bicyclic) bond motifs is 10. The van der Waals surface area contributed by atoms with E-state index >= 15 is 0 Å². The van der Waals surface area contributed by atoms with Gasteiger partial charge in [-0.1, -0.05) is 121 Å². The van der Waals surface area contributed by atoms with Crippen LogP contribution in [0.4, 0.5) is 17.1 Å². The van der Waals surface area contributed by atoms with Gasteiger partial charge in [-0.2, -0.15) is 0 Å². The van der Waals surface area contributed by atoms with Gasteiger partial charge in [0.15, 0.2) is 0 Å². The Hall–Kier alpha value is -8.02. The smallest absolute Gasteiger partial charge is 0.235 e. The highest BCUT2D eigenvalue weighted by Crippen LogP contribution is 2.50. The summed E-state index contributed by atoms with van der Waals surface area (Å²) in [6.45, 7) is 0. The Morgan fingerprint density at radius 2 is 0.983 bits per heavy atom. The molecular weight excluding hydrogens is 719 g/mol. The molecule has 0 bridgehead atoms. The van der Waals surface area contributed by atoms with Gasteiger partial charge in [0.05, 0.1) is 50.0 Å². The zero-order chi connectivity index (χ0) is 38.6. The predicted octanol–water partition coefficient (Wildman–Crippen LogP) is 14.1. The van der Waals surface area contributed by atoms with Gasteiger partial charge in [0.25, 0.3) is 0 Å². The number of hydrogen-bond acceptors (Lipinski definition) is 3. The zero-order valence-corrected chi connectivity index (χ0v) is 31.8. The van der Waals surface area contributed by atoms with Crippen molar-refractivity contribution in [3.63, 3.8) is 0 Å². The lowest BCUT2D eigenvalue weighted by Gasteiger charge is -2.32. The first-order valence-corrected chi connectivity index (χ1v) is 20.1. The third-order valence-corrected chi connectivity index (χ3v) is 12.2. The van der Waals surface area contributed by atoms with Crippen LogP contribution in [0.1, 0.15) is 0 Å². The first-order chi connectivity index (χ1) is 29.3. The summed E-state index contributed by atoms with van der Waals surface area (Å²) in [6.07, 6.45) is 0. The topological polar surface area (TPSA) is 38.9 Å². The first kappa shape index (κ1) is 32.1. The van der Waals surface area contributed by atoms with Gasteiger partial charge in [-0.05, 0) is 101 Å². The molecule has 0 fully saturated rings. The molecule has 12 aromatic rings. The molecule has 0 amide bonds. The highest BCUT2D eigenvalue weighted by Gasteiger charge is 2.29. The van der Waals surface area contributed by atoms with Gasteiger partial charge in [0.1, 0.15) is 0 Å². The van der Waals surface area contributed by atoms with Crippen molar-refractivity contribution < 1.29 is 0 Å². The van der Waals surface area contributed by atoms with Gasteiger partial charge in [0, 0.05) is 38.5 Å². The summed E-state index contributed by atoms with van der Waals surface area (Å²) in [6, 6.07) is 71.9. The van der Waals surface area contributed by atoms with E-state index < -0.39 is 0 Å². The number of nitrogens with zero attached hydrogens (tertiary/aromatic N) is 5. The van der Waals surface area contributed by atoms with Crippen molar-refractivity contribution in [2.24, 2.45) is 0 Å². The van der Waals surface area contributed by atoms with E-state index in [2.05, 4.69) is 214 Å². The summed E-state index contributed by atoms with van der Waals surface area (Å²) in [5.74, 6) is 0.658. The molecule has 0 unspecified atom stereocenters. The Kier molecular flexibility index (Phi) is 6.66. The number of para-hydroxylation sites is 4. The second-order valence-electron chi connectivity index (χ2n) is 15.4. The zero-order valence-electron chi connectivity index (χ0n) is 31.8. The van der Waals surface area contributed by atoms with E-state index in [1.165, 1.54) is 48.9 Å². The molecule has 0 spiro atoms. The SMILES string of the molecule is c1ccc(N2c3ccccc3-c3nc(-n4c5ccc(-c6ccc7c(c6)c6ccccc6n7-c6ccccc6)cc5c5c6ccccc6ccc54)nc4cccc2c34)cc1. The largest absolute Gasteiger partial charge is 0.309 e. The van der Waals surface area contributed by atoms with Crippen molar-refractivity contribution in [3.05, 3.63) is 200 Å². The van der Waals surface area contributed by atoms with Gasteiger partial charge in [-0.15, -0.1) is 0 Å². The molecule has 0 saturated carbocycles. The normalized spacial score (nSPS) is 12.4. The molecule has 1 aliphatic rings. The van der Waals surface area contributed by atoms with E-state index in [4.69, 9.17) is 9.97 Å². The fraction of sp³-hybridized carbons (Fsp3) is 0. The van der Waals surface area contributed by atoms with Crippen LogP contribution in [-0.4, -0.2) is 19.1 Å². The Labute approximate surface area is 339 Å². The lowest BCUT2D eigenvalue weighted by molar-refractivity contribution is 1.01. The molecule has 5 nitrogen and oxygen atoms in total. The summed E-state index contributed by atoms with van der Waals surface area (Å²) >= 11 is 0. The maximum absolute atomic E-state index is 5.52. The molecule has 5 heteroatoms. The minimum atomic E-state index is 0.658. The van der Waals surface area contributed by atoms with E-state index in [0.29, 0.717) is 5.95 Å². The minimum absolute atomic E-state index is 0.658. The van der Waals surface area contributed by atoms with Crippen LogP contribution in [-0.2, 0) is 0 Å². The molecular formula is C54H33N5. The standard InChI is InChI=1S/C54H33N5/c1-3-15-37(16-4-1)57-45-23-11-9-20-40(45)42-32-35(27-29-47(42)57)36-28-30-48-43(33-36)51-39-19-8-7-14-34(39)26-31-50(51)59(48)54-55-44-22-13-25-49-52(44)53(56-54)41-21-10-12-24-46(41)58(49)38-17-5-2-6-18-38/h1-33H. The van der Waals surface area contributed by atoms with Crippen LogP contribution >= 0.6 is 0 Å². The van der Waals surface area contributed by atoms with Gasteiger partial charge in [0.2, 0.25) is 5.95 Å². The first-order valence-electron chi connectivity index (χ1n) is 20.1. The highest BCUT2D eigenvalue weighted by molar-refractivity contribution is 6.22. The van der Waals surface area contributed by atoms with Crippen molar-refractivity contribution >= 4 is 82.3 Å². The maximum atomic E-state index is 5.52. The Morgan fingerprint density at radius 1 is 0.356 bits per heavy atom. The molecule has 1 aliphatic heterocycles. The van der Waals surface area contributed by atoms with Crippen LogP contribution in [0.25, 0.3) is 99.3 Å². The van der Waals surface area contributed by atoms with Crippen molar-refractivity contribution in [2.75, 3.05) is 4.90 Å². The summed E-state index contributed by atoms with van der Waals surface area (Å²) in [7, 11) is 0. The highest BCUT2D eigenvalue weighted by atomic mass is 15.2. The molecule has 0 saturated heterocycles. The Balaban J connectivity index is 1.05. The lowest BCUT2D eigenvalue weighted by atomic mass is 9.96. The second kappa shape index (κ2) is 12.2. The summed E-state index contributed by atoms with van der Waals surface area (Å²) < 4.78 is 4.64. The fourth-order valence-electron chi connectivity index (χ4n) is 9.68. The summed E-state index contributed by atoms with van der Waals surface area (Å²) in [5, 5.41) is 8.31. The number of anilines is 3. The van der Waals surface area contributed by atoms with Crippen molar-refractivity contribution in [3.8, 4) is 34.0 Å². The van der Waals surface area contributed by atoms with E-state index in [1.807, 2.05) is 0 Å². The third-order valence-electron chi connectivity index (χ3n) is 12.2. The van der Waals surface area contributed by atoms with Crippen LogP contribution in [0.5, 0.6) is 0 Å². The van der Waals surface area contributed by atoms with Crippen LogP contribution in [0, 0.1) is 0 Å². The van der Waals surface area contributed by atoms with Crippen molar-refractivity contribution in [1.82, 2.24) is 19.1 Å². The molecule has 274 valence electrons. The monoisotopic (exact) mass is 751 g/mol. The Morgan fingerprint density at radius 3 is 1.81 bits per heavy atom. The van der Waals surface area contributed by atoms with Gasteiger partial charge >= 0.3 is 0 Å². The fourth-order valence-corrected chi connectivity index (χ4v) is 9.68. The van der Waals surface area contributed by atoms with Crippen LogP contribution < -0.4 is 4.90 Å². The molecule has 0 N–H and O–H groups in total. The third kappa shape index (κ3) is 4.61. The average molecular weight is 752 g/mol. The quantitative estimate of drug-likeness (QED) is 0.180. The van der Waals surface area contributed by atoms with E-state index in [0.717, 1.165) is 61.5 Å². The van der Waals surface area contributed by atoms with Crippen LogP contribution in [0.2, 0.25) is 0 Å². The van der Waals surface area contributed by atoms with Crippen LogP contribution in [0.15, 0.2) is 200 Å². The number of rotatable bonds is 4. The maximum Gasteiger partial charge on any atom is 0.235 e. The van der Waals surface area contributed by atoms with E-state index in [-0.39, 0.29) is 0 Å². The van der Waals surface area contributed by atoms with Crippen molar-refractivity contribution in [2.45, 2.75) is 0 Å². The predicted molar refractivity (Wildman–Crippen MR) is 245 cm³/mol. The molecule has 0 atom stereocenters. The number of hydrogen-bond donors (Lipinski definition) is 0. The van der Waals surface area contributed by atoms with E-state index in [9.17, 15) is 0 Å². The molecule has 13 rings (SSSR count). The molecule has 59 heavy (non-hydrogen) atoms. The Bertz CT molecular complexity index is 3670. The van der Waals surface area contributed by atoms with Gasteiger partial charge in [-0.25, -0.2) is 9.97 Å². The molecule has 4 heterocycles. The van der Waals surface area contributed by atoms with Gasteiger partial charge < -0.3 is 9.47 Å². The minimum Gasteiger partial charge on any atom is -0.309 e.